The monoisotopic (exact) mass is 334 g/mol. The van der Waals surface area contributed by atoms with E-state index in [0.29, 0.717) is 6.54 Å². The number of nitrogen functional groups attached to an aromatic ring is 1. The third kappa shape index (κ3) is 3.30. The summed E-state index contributed by atoms with van der Waals surface area (Å²) in [5.74, 6) is -1.01. The van der Waals surface area contributed by atoms with Crippen LogP contribution >= 0.6 is 15.9 Å². The van der Waals surface area contributed by atoms with Gasteiger partial charge < -0.3 is 15.7 Å². The number of nitrogens with zero attached hydrogens (tertiary/aromatic N) is 1. The van der Waals surface area contributed by atoms with Crippen LogP contribution in [0.2, 0.25) is 0 Å². The van der Waals surface area contributed by atoms with Gasteiger partial charge in [0.15, 0.2) is 0 Å². The number of hydrogen-bond acceptors (Lipinski definition) is 3. The summed E-state index contributed by atoms with van der Waals surface area (Å²) in [6.45, 7) is 0.691. The molecule has 0 bridgehead atoms. The van der Waals surface area contributed by atoms with Crippen molar-refractivity contribution in [1.29, 1.82) is 0 Å². The van der Waals surface area contributed by atoms with Crippen LogP contribution in [0.4, 0.5) is 11.4 Å². The number of carboxylic acids is 1. The Kier molecular flexibility index (Phi) is 4.29. The largest absolute Gasteiger partial charge is 0.478 e. The normalized spacial score (nSPS) is 10.3. The SMILES string of the molecule is CN(Cc1ccc(Br)cc1)c1ccc(N)c(C(=O)O)c1. The van der Waals surface area contributed by atoms with Gasteiger partial charge in [0, 0.05) is 29.4 Å². The van der Waals surface area contributed by atoms with E-state index in [1.165, 1.54) is 0 Å². The second-order valence-corrected chi connectivity index (χ2v) is 5.47. The van der Waals surface area contributed by atoms with E-state index in [2.05, 4.69) is 15.9 Å². The molecular formula is C15H15BrN2O2. The third-order valence-corrected chi connectivity index (χ3v) is 3.57. The molecule has 104 valence electrons. The molecule has 5 heteroatoms. The van der Waals surface area contributed by atoms with E-state index in [4.69, 9.17) is 10.8 Å². The summed E-state index contributed by atoms with van der Waals surface area (Å²) in [6.07, 6.45) is 0. The molecule has 0 amide bonds. The fourth-order valence-electron chi connectivity index (χ4n) is 1.92. The highest BCUT2D eigenvalue weighted by Gasteiger charge is 2.11. The minimum Gasteiger partial charge on any atom is -0.478 e. The Balaban J connectivity index is 2.20. The van der Waals surface area contributed by atoms with Crippen LogP contribution in [0, 0.1) is 0 Å². The van der Waals surface area contributed by atoms with E-state index in [-0.39, 0.29) is 11.3 Å². The van der Waals surface area contributed by atoms with Gasteiger partial charge in [-0.3, -0.25) is 0 Å². The van der Waals surface area contributed by atoms with Crippen molar-refractivity contribution < 1.29 is 9.90 Å². The molecule has 2 aromatic carbocycles. The van der Waals surface area contributed by atoms with Crippen LogP contribution in [-0.4, -0.2) is 18.1 Å². The lowest BCUT2D eigenvalue weighted by atomic mass is 10.1. The van der Waals surface area contributed by atoms with Gasteiger partial charge in [0.2, 0.25) is 0 Å². The Bertz CT molecular complexity index is 626. The van der Waals surface area contributed by atoms with Crippen molar-refractivity contribution in [2.45, 2.75) is 6.54 Å². The van der Waals surface area contributed by atoms with Crippen molar-refractivity contribution in [2.24, 2.45) is 0 Å². The summed E-state index contributed by atoms with van der Waals surface area (Å²) in [4.78, 5) is 13.1. The summed E-state index contributed by atoms with van der Waals surface area (Å²) < 4.78 is 1.03. The number of nitrogens with two attached hydrogens (primary N) is 1. The molecule has 0 spiro atoms. The first-order chi connectivity index (χ1) is 9.47. The molecule has 0 heterocycles. The van der Waals surface area contributed by atoms with Gasteiger partial charge in [0.25, 0.3) is 0 Å². The Morgan fingerprint density at radius 1 is 1.25 bits per heavy atom. The first-order valence-electron chi connectivity index (χ1n) is 6.06. The molecule has 3 N–H and O–H groups in total. The van der Waals surface area contributed by atoms with Crippen LogP contribution in [0.5, 0.6) is 0 Å². The molecule has 0 saturated carbocycles. The van der Waals surface area contributed by atoms with E-state index in [0.717, 1.165) is 15.7 Å². The molecule has 0 saturated heterocycles. The summed E-state index contributed by atoms with van der Waals surface area (Å²) in [5.41, 5.74) is 8.02. The Morgan fingerprint density at radius 2 is 1.90 bits per heavy atom. The quantitative estimate of drug-likeness (QED) is 0.841. The van der Waals surface area contributed by atoms with E-state index in [1.54, 1.807) is 12.1 Å². The van der Waals surface area contributed by atoms with Crippen LogP contribution in [0.15, 0.2) is 46.9 Å². The van der Waals surface area contributed by atoms with Gasteiger partial charge in [-0.25, -0.2) is 4.79 Å². The van der Waals surface area contributed by atoms with Gasteiger partial charge in [-0.05, 0) is 35.9 Å². The van der Waals surface area contributed by atoms with E-state index in [1.807, 2.05) is 42.3 Å². The summed E-state index contributed by atoms with van der Waals surface area (Å²) in [5, 5.41) is 9.09. The predicted molar refractivity (Wildman–Crippen MR) is 84.1 cm³/mol. The number of aromatic carboxylic acids is 1. The van der Waals surface area contributed by atoms with Crippen molar-refractivity contribution in [3.63, 3.8) is 0 Å². The van der Waals surface area contributed by atoms with Gasteiger partial charge in [0.05, 0.1) is 5.56 Å². The predicted octanol–water partition coefficient (Wildman–Crippen LogP) is 3.37. The molecule has 0 aliphatic rings. The molecule has 20 heavy (non-hydrogen) atoms. The van der Waals surface area contributed by atoms with Gasteiger partial charge in [-0.1, -0.05) is 28.1 Å². The minimum absolute atomic E-state index is 0.130. The molecular weight excluding hydrogens is 320 g/mol. The zero-order valence-electron chi connectivity index (χ0n) is 11.0. The van der Waals surface area contributed by atoms with Crippen LogP contribution in [-0.2, 0) is 6.54 Å². The molecule has 4 nitrogen and oxygen atoms in total. The first kappa shape index (κ1) is 14.4. The lowest BCUT2D eigenvalue weighted by molar-refractivity contribution is 0.0698. The molecule has 2 aromatic rings. The van der Waals surface area contributed by atoms with Crippen LogP contribution in [0.25, 0.3) is 0 Å². The summed E-state index contributed by atoms with van der Waals surface area (Å²) in [6, 6.07) is 13.0. The van der Waals surface area contributed by atoms with Crippen molar-refractivity contribution in [3.05, 3.63) is 58.1 Å². The zero-order chi connectivity index (χ0) is 14.7. The maximum Gasteiger partial charge on any atom is 0.337 e. The van der Waals surface area contributed by atoms with Gasteiger partial charge in [0.1, 0.15) is 0 Å². The van der Waals surface area contributed by atoms with Gasteiger partial charge in [-0.2, -0.15) is 0 Å². The number of benzene rings is 2. The van der Waals surface area contributed by atoms with Crippen molar-refractivity contribution >= 4 is 33.3 Å². The Hall–Kier alpha value is -2.01. The van der Waals surface area contributed by atoms with Crippen LogP contribution < -0.4 is 10.6 Å². The van der Waals surface area contributed by atoms with Crippen molar-refractivity contribution in [1.82, 2.24) is 0 Å². The molecule has 0 unspecified atom stereocenters. The number of rotatable bonds is 4. The number of carboxylic acid groups (broad SMARTS) is 1. The highest BCUT2D eigenvalue weighted by molar-refractivity contribution is 9.10. The Labute approximate surface area is 126 Å². The van der Waals surface area contributed by atoms with E-state index >= 15 is 0 Å². The van der Waals surface area contributed by atoms with Gasteiger partial charge in [-0.15, -0.1) is 0 Å². The second-order valence-electron chi connectivity index (χ2n) is 4.56. The van der Waals surface area contributed by atoms with Gasteiger partial charge >= 0.3 is 5.97 Å². The topological polar surface area (TPSA) is 66.6 Å². The lowest BCUT2D eigenvalue weighted by Crippen LogP contribution is -2.17. The third-order valence-electron chi connectivity index (χ3n) is 3.04. The highest BCUT2D eigenvalue weighted by Crippen LogP contribution is 2.22. The van der Waals surface area contributed by atoms with E-state index in [9.17, 15) is 4.79 Å². The molecule has 0 aliphatic heterocycles. The Morgan fingerprint density at radius 3 is 2.50 bits per heavy atom. The number of halogens is 1. The molecule has 2 rings (SSSR count). The van der Waals surface area contributed by atoms with E-state index < -0.39 is 5.97 Å². The maximum absolute atomic E-state index is 11.1. The number of hydrogen-bond donors (Lipinski definition) is 2. The average Bonchev–Trinajstić information content (AvgIpc) is 2.41. The van der Waals surface area contributed by atoms with Crippen molar-refractivity contribution in [3.8, 4) is 0 Å². The van der Waals surface area contributed by atoms with Crippen molar-refractivity contribution in [2.75, 3.05) is 17.7 Å². The molecule has 0 aliphatic carbocycles. The molecule has 0 atom stereocenters. The highest BCUT2D eigenvalue weighted by atomic mass is 79.9. The first-order valence-corrected chi connectivity index (χ1v) is 6.85. The average molecular weight is 335 g/mol. The maximum atomic E-state index is 11.1. The van der Waals surface area contributed by atoms with Crippen LogP contribution in [0.1, 0.15) is 15.9 Å². The fourth-order valence-corrected chi connectivity index (χ4v) is 2.19. The summed E-state index contributed by atoms with van der Waals surface area (Å²) in [7, 11) is 1.92. The zero-order valence-corrected chi connectivity index (χ0v) is 12.6. The number of anilines is 2. The van der Waals surface area contributed by atoms with Crippen LogP contribution in [0.3, 0.4) is 0 Å². The molecule has 0 radical (unpaired) electrons. The minimum atomic E-state index is -1.01. The smallest absolute Gasteiger partial charge is 0.337 e. The lowest BCUT2D eigenvalue weighted by Gasteiger charge is -2.20. The summed E-state index contributed by atoms with van der Waals surface area (Å²) >= 11 is 3.40. The molecule has 0 fully saturated rings. The number of carbonyl (C=O) groups is 1. The second kappa shape index (κ2) is 5.96. The standard InChI is InChI=1S/C15H15BrN2O2/c1-18(9-10-2-4-11(16)5-3-10)12-6-7-14(17)13(8-12)15(19)20/h2-8H,9,17H2,1H3,(H,19,20). The molecule has 0 aromatic heterocycles. The fraction of sp³-hybridized carbons (Fsp3) is 0.133.